The summed E-state index contributed by atoms with van der Waals surface area (Å²) in [5.41, 5.74) is 0.726. The Bertz CT molecular complexity index is 580. The van der Waals surface area contributed by atoms with Crippen LogP contribution in [0, 0.1) is 10.1 Å². The van der Waals surface area contributed by atoms with Crippen LogP contribution in [-0.4, -0.2) is 20.4 Å². The van der Waals surface area contributed by atoms with Gasteiger partial charge in [-0.15, -0.1) is 0 Å². The van der Waals surface area contributed by atoms with E-state index in [0.29, 0.717) is 6.54 Å². The highest BCUT2D eigenvalue weighted by Gasteiger charge is 2.10. The Morgan fingerprint density at radius 2 is 2.11 bits per heavy atom. The number of anilines is 1. The van der Waals surface area contributed by atoms with Gasteiger partial charge in [-0.1, -0.05) is 18.2 Å². The molecule has 1 amide bonds. The van der Waals surface area contributed by atoms with E-state index in [1.165, 1.54) is 17.1 Å². The molecule has 0 unspecified atom stereocenters. The van der Waals surface area contributed by atoms with Gasteiger partial charge in [0, 0.05) is 18.7 Å². The normalized spacial score (nSPS) is 10.1. The number of para-hydroxylation sites is 1. The Morgan fingerprint density at radius 1 is 1.37 bits per heavy atom. The molecule has 0 fully saturated rings. The summed E-state index contributed by atoms with van der Waals surface area (Å²) in [5, 5.41) is 13.2. The molecule has 0 aliphatic rings. The minimum Gasteiger partial charge on any atom is -0.358 e. The zero-order chi connectivity index (χ0) is 13.7. The number of hydrogen-bond acceptors (Lipinski definition) is 4. The number of nitrogens with zero attached hydrogens (tertiary/aromatic N) is 3. The van der Waals surface area contributed by atoms with Gasteiger partial charge in [-0.3, -0.25) is 4.79 Å². The predicted molar refractivity (Wildman–Crippen MR) is 68.6 cm³/mol. The number of aryl methyl sites for hydroxylation is 1. The molecule has 19 heavy (non-hydrogen) atoms. The lowest BCUT2D eigenvalue weighted by Crippen LogP contribution is -2.13. The predicted octanol–water partition coefficient (Wildman–Crippen LogP) is 1.82. The quantitative estimate of drug-likeness (QED) is 0.655. The van der Waals surface area contributed by atoms with Crippen molar-refractivity contribution in [1.82, 2.24) is 9.55 Å². The Kier molecular flexibility index (Phi) is 3.87. The Labute approximate surface area is 109 Å². The molecule has 7 nitrogen and oxygen atoms in total. The van der Waals surface area contributed by atoms with Crippen molar-refractivity contribution in [2.24, 2.45) is 0 Å². The number of carbonyl (C=O) groups excluding carboxylic acids is 1. The van der Waals surface area contributed by atoms with E-state index in [2.05, 4.69) is 10.3 Å². The maximum absolute atomic E-state index is 11.6. The molecule has 0 saturated carbocycles. The number of benzene rings is 1. The van der Waals surface area contributed by atoms with Gasteiger partial charge in [0.2, 0.25) is 12.2 Å². The van der Waals surface area contributed by atoms with E-state index in [9.17, 15) is 14.9 Å². The molecule has 2 aromatic rings. The van der Waals surface area contributed by atoms with E-state index in [4.69, 9.17) is 0 Å². The van der Waals surface area contributed by atoms with Gasteiger partial charge in [-0.25, -0.2) is 0 Å². The third-order valence-electron chi connectivity index (χ3n) is 2.46. The molecule has 0 radical (unpaired) electrons. The highest BCUT2D eigenvalue weighted by Crippen LogP contribution is 2.08. The molecule has 0 aliphatic carbocycles. The second-order valence-electron chi connectivity index (χ2n) is 3.89. The van der Waals surface area contributed by atoms with Crippen molar-refractivity contribution in [3.8, 4) is 0 Å². The largest absolute Gasteiger partial charge is 0.381 e. The average molecular weight is 260 g/mol. The molecule has 1 heterocycles. The van der Waals surface area contributed by atoms with Crippen LogP contribution < -0.4 is 5.32 Å². The van der Waals surface area contributed by atoms with Crippen molar-refractivity contribution in [3.63, 3.8) is 0 Å². The maximum atomic E-state index is 11.6. The van der Waals surface area contributed by atoms with E-state index in [1.807, 2.05) is 18.2 Å². The Hall–Kier alpha value is -2.70. The minimum absolute atomic E-state index is 0.150. The number of rotatable bonds is 5. The fourth-order valence-corrected chi connectivity index (χ4v) is 1.54. The summed E-state index contributed by atoms with van der Waals surface area (Å²) in [7, 11) is 0. The molecule has 0 bridgehead atoms. The standard InChI is InChI=1S/C12H12N4O3/c17-12(14-10-4-2-1-3-5-10)6-7-15-8-11(13-9-15)16(18)19/h1-5,8-9H,6-7H2,(H,14,17). The van der Waals surface area contributed by atoms with E-state index in [0.717, 1.165) is 5.69 Å². The van der Waals surface area contributed by atoms with Gasteiger partial charge >= 0.3 is 5.82 Å². The van der Waals surface area contributed by atoms with Gasteiger partial charge in [0.25, 0.3) is 0 Å². The van der Waals surface area contributed by atoms with Crippen LogP contribution >= 0.6 is 0 Å². The summed E-state index contributed by atoms with van der Waals surface area (Å²) in [6.07, 6.45) is 2.87. The first kappa shape index (κ1) is 12.7. The average Bonchev–Trinajstić information content (AvgIpc) is 2.86. The lowest BCUT2D eigenvalue weighted by atomic mass is 10.3. The van der Waals surface area contributed by atoms with Crippen LogP contribution in [0.5, 0.6) is 0 Å². The summed E-state index contributed by atoms with van der Waals surface area (Å²) in [6, 6.07) is 9.10. The van der Waals surface area contributed by atoms with Gasteiger partial charge in [0.05, 0.1) is 0 Å². The third kappa shape index (κ3) is 3.63. The van der Waals surface area contributed by atoms with Crippen LogP contribution in [0.2, 0.25) is 0 Å². The van der Waals surface area contributed by atoms with Crippen molar-refractivity contribution >= 4 is 17.4 Å². The fourth-order valence-electron chi connectivity index (χ4n) is 1.54. The summed E-state index contributed by atoms with van der Waals surface area (Å²) in [6.45, 7) is 0.347. The highest BCUT2D eigenvalue weighted by molar-refractivity contribution is 5.90. The summed E-state index contributed by atoms with van der Waals surface area (Å²) in [5.74, 6) is -0.369. The summed E-state index contributed by atoms with van der Waals surface area (Å²) >= 11 is 0. The van der Waals surface area contributed by atoms with E-state index < -0.39 is 4.92 Å². The number of nitrogens with one attached hydrogen (secondary N) is 1. The van der Waals surface area contributed by atoms with Crippen LogP contribution in [0.1, 0.15) is 6.42 Å². The number of amides is 1. The zero-order valence-electron chi connectivity index (χ0n) is 10.0. The second kappa shape index (κ2) is 5.76. The lowest BCUT2D eigenvalue weighted by Gasteiger charge is -2.04. The monoisotopic (exact) mass is 260 g/mol. The molecular formula is C12H12N4O3. The van der Waals surface area contributed by atoms with Crippen molar-refractivity contribution in [1.29, 1.82) is 0 Å². The fraction of sp³-hybridized carbons (Fsp3) is 0.167. The Morgan fingerprint density at radius 3 is 2.74 bits per heavy atom. The molecule has 0 aliphatic heterocycles. The van der Waals surface area contributed by atoms with Crippen molar-refractivity contribution < 1.29 is 9.72 Å². The first-order valence-electron chi connectivity index (χ1n) is 5.66. The topological polar surface area (TPSA) is 90.1 Å². The zero-order valence-corrected chi connectivity index (χ0v) is 10.0. The number of aromatic nitrogens is 2. The van der Waals surface area contributed by atoms with Crippen LogP contribution in [-0.2, 0) is 11.3 Å². The van der Waals surface area contributed by atoms with Crippen molar-refractivity contribution in [2.75, 3.05) is 5.32 Å². The van der Waals surface area contributed by atoms with Gasteiger partial charge in [0.1, 0.15) is 6.20 Å². The van der Waals surface area contributed by atoms with Crippen molar-refractivity contribution in [2.45, 2.75) is 13.0 Å². The molecule has 1 N–H and O–H groups in total. The van der Waals surface area contributed by atoms with Crippen LogP contribution in [0.25, 0.3) is 0 Å². The molecule has 98 valence electrons. The first-order valence-corrected chi connectivity index (χ1v) is 5.66. The second-order valence-corrected chi connectivity index (χ2v) is 3.89. The lowest BCUT2D eigenvalue weighted by molar-refractivity contribution is -0.389. The van der Waals surface area contributed by atoms with Crippen LogP contribution in [0.3, 0.4) is 0 Å². The summed E-state index contributed by atoms with van der Waals surface area (Å²) in [4.78, 5) is 25.1. The van der Waals surface area contributed by atoms with Gasteiger partial charge in [-0.05, 0) is 22.0 Å². The number of imidazole rings is 1. The third-order valence-corrected chi connectivity index (χ3v) is 2.46. The number of carbonyl (C=O) groups is 1. The van der Waals surface area contributed by atoms with Crippen molar-refractivity contribution in [3.05, 3.63) is 53.0 Å². The molecule has 7 heteroatoms. The Balaban J connectivity index is 1.84. The van der Waals surface area contributed by atoms with Crippen LogP contribution in [0.15, 0.2) is 42.9 Å². The minimum atomic E-state index is -0.569. The maximum Gasteiger partial charge on any atom is 0.381 e. The molecule has 0 atom stereocenters. The number of nitro groups is 1. The van der Waals surface area contributed by atoms with E-state index >= 15 is 0 Å². The SMILES string of the molecule is O=C(CCn1cnc([N+](=O)[O-])c1)Nc1ccccc1. The van der Waals surface area contributed by atoms with Gasteiger partial charge in [0.15, 0.2) is 0 Å². The molecule has 0 saturated heterocycles. The van der Waals surface area contributed by atoms with E-state index in [1.54, 1.807) is 12.1 Å². The molecule has 1 aromatic carbocycles. The molecule has 2 rings (SSSR count). The van der Waals surface area contributed by atoms with E-state index in [-0.39, 0.29) is 18.1 Å². The number of hydrogen-bond donors (Lipinski definition) is 1. The highest BCUT2D eigenvalue weighted by atomic mass is 16.6. The van der Waals surface area contributed by atoms with Gasteiger partial charge < -0.3 is 20.0 Å². The smallest absolute Gasteiger partial charge is 0.358 e. The molecule has 1 aromatic heterocycles. The van der Waals surface area contributed by atoms with Gasteiger partial charge in [-0.2, -0.15) is 0 Å². The first-order chi connectivity index (χ1) is 9.15. The molecular weight excluding hydrogens is 248 g/mol. The van der Waals surface area contributed by atoms with Crippen LogP contribution in [0.4, 0.5) is 11.5 Å². The molecule has 0 spiro atoms. The summed E-state index contributed by atoms with van der Waals surface area (Å²) < 4.78 is 1.52.